The Bertz CT molecular complexity index is 1460. The zero-order valence-electron chi connectivity index (χ0n) is 22.7. The van der Waals surface area contributed by atoms with E-state index in [0.717, 1.165) is 6.07 Å². The SMILES string of the molecule is C=CC(=O)N1CCN(c2nc(OCCCN3CCC(C)(F)C3)nc3c(F)c(-c4c(O)cccc4F)c(Cl)cc23)CC1. The van der Waals surface area contributed by atoms with Crippen LogP contribution in [0.1, 0.15) is 19.8 Å². The minimum atomic E-state index is -1.19. The van der Waals surface area contributed by atoms with Crippen molar-refractivity contribution in [3.63, 3.8) is 0 Å². The second-order valence-corrected chi connectivity index (χ2v) is 11.0. The highest BCUT2D eigenvalue weighted by Gasteiger charge is 2.33. The minimum Gasteiger partial charge on any atom is -0.507 e. The maximum atomic E-state index is 16.1. The predicted octanol–water partition coefficient (Wildman–Crippen LogP) is 4.97. The van der Waals surface area contributed by atoms with E-state index in [0.29, 0.717) is 64.5 Å². The van der Waals surface area contributed by atoms with Gasteiger partial charge in [0, 0.05) is 56.8 Å². The molecule has 5 rings (SSSR count). The summed E-state index contributed by atoms with van der Waals surface area (Å²) in [5.41, 5.74) is -2.04. The minimum absolute atomic E-state index is 0.0845. The molecule has 1 atom stereocenters. The number of hydrogen-bond donors (Lipinski definition) is 1. The number of anilines is 1. The van der Waals surface area contributed by atoms with Crippen LogP contribution in [-0.2, 0) is 4.79 Å². The molecule has 0 radical (unpaired) electrons. The second-order valence-electron chi connectivity index (χ2n) is 10.6. The fraction of sp³-hybridized carbons (Fsp3) is 0.414. The van der Waals surface area contributed by atoms with Crippen LogP contribution in [0.4, 0.5) is 19.0 Å². The molecule has 2 aromatic carbocycles. The highest BCUT2D eigenvalue weighted by molar-refractivity contribution is 6.34. The van der Waals surface area contributed by atoms with Crippen molar-refractivity contribution >= 4 is 34.2 Å². The summed E-state index contributed by atoms with van der Waals surface area (Å²) in [7, 11) is 0. The number of carbonyl (C=O) groups excluding carboxylic acids is 1. The number of piperazine rings is 1. The molecular weight excluding hydrogens is 559 g/mol. The van der Waals surface area contributed by atoms with E-state index in [9.17, 15) is 18.7 Å². The number of benzene rings is 2. The number of hydrogen-bond acceptors (Lipinski definition) is 7. The lowest BCUT2D eigenvalue weighted by Gasteiger charge is -2.35. The van der Waals surface area contributed by atoms with Gasteiger partial charge in [-0.1, -0.05) is 24.2 Å². The standard InChI is InChI=1S/C29H31ClF3N5O3/c1-3-22(40)37-11-13-38(14-12-37)27-18-16-19(30)23(24-20(31)6-4-7-21(24)39)25(32)26(18)34-28(35-27)41-15-5-9-36-10-8-29(2,33)17-36/h3-4,6-7,16,39H,1,5,8-15,17H2,2H3. The first-order valence-electron chi connectivity index (χ1n) is 13.5. The number of amides is 1. The number of likely N-dealkylation sites (tertiary alicyclic amines) is 1. The van der Waals surface area contributed by atoms with Gasteiger partial charge in [0.2, 0.25) is 5.91 Å². The van der Waals surface area contributed by atoms with Gasteiger partial charge in [0.05, 0.1) is 17.2 Å². The number of aromatic hydroxyl groups is 1. The summed E-state index contributed by atoms with van der Waals surface area (Å²) < 4.78 is 50.9. The van der Waals surface area contributed by atoms with Crippen LogP contribution in [0, 0.1) is 11.6 Å². The molecule has 12 heteroatoms. The molecule has 218 valence electrons. The van der Waals surface area contributed by atoms with Crippen molar-refractivity contribution in [2.75, 3.05) is 57.3 Å². The van der Waals surface area contributed by atoms with Gasteiger partial charge in [-0.2, -0.15) is 9.97 Å². The summed E-state index contributed by atoms with van der Waals surface area (Å²) in [6.45, 7) is 8.59. The van der Waals surface area contributed by atoms with Crippen LogP contribution < -0.4 is 9.64 Å². The Morgan fingerprint density at radius 2 is 1.95 bits per heavy atom. The molecule has 1 unspecified atom stereocenters. The van der Waals surface area contributed by atoms with Crippen molar-refractivity contribution < 1.29 is 27.8 Å². The third kappa shape index (κ3) is 6.06. The Hall–Kier alpha value is -3.57. The largest absolute Gasteiger partial charge is 0.507 e. The first-order valence-corrected chi connectivity index (χ1v) is 13.8. The lowest BCUT2D eigenvalue weighted by molar-refractivity contribution is -0.126. The number of nitrogens with zero attached hydrogens (tertiary/aromatic N) is 5. The lowest BCUT2D eigenvalue weighted by Crippen LogP contribution is -2.48. The monoisotopic (exact) mass is 589 g/mol. The number of alkyl halides is 1. The van der Waals surface area contributed by atoms with Crippen LogP contribution in [-0.4, -0.2) is 88.9 Å². The van der Waals surface area contributed by atoms with Crippen molar-refractivity contribution in [2.45, 2.75) is 25.4 Å². The van der Waals surface area contributed by atoms with E-state index in [4.69, 9.17) is 16.3 Å². The number of fused-ring (bicyclic) bond motifs is 1. The third-order valence-electron chi connectivity index (χ3n) is 7.50. The van der Waals surface area contributed by atoms with Gasteiger partial charge in [0.15, 0.2) is 5.82 Å². The Labute approximate surface area is 241 Å². The molecule has 0 bridgehead atoms. The van der Waals surface area contributed by atoms with Crippen LogP contribution in [0.5, 0.6) is 11.8 Å². The average molecular weight is 590 g/mol. The van der Waals surface area contributed by atoms with Gasteiger partial charge in [-0.3, -0.25) is 9.69 Å². The number of aromatic nitrogens is 2. The molecule has 0 aliphatic carbocycles. The molecule has 2 aliphatic rings. The van der Waals surface area contributed by atoms with Crippen molar-refractivity contribution in [2.24, 2.45) is 0 Å². The Kier molecular flexibility index (Phi) is 8.28. The number of ether oxygens (including phenoxy) is 1. The van der Waals surface area contributed by atoms with Crippen molar-refractivity contribution in [3.05, 3.63) is 53.6 Å². The smallest absolute Gasteiger partial charge is 0.319 e. The molecule has 2 fully saturated rings. The highest BCUT2D eigenvalue weighted by atomic mass is 35.5. The first-order chi connectivity index (χ1) is 19.6. The Balaban J connectivity index is 1.48. The maximum absolute atomic E-state index is 16.1. The molecule has 41 heavy (non-hydrogen) atoms. The normalized spacial score (nSPS) is 19.6. The molecule has 2 saturated heterocycles. The Morgan fingerprint density at radius 3 is 2.61 bits per heavy atom. The second kappa shape index (κ2) is 11.7. The summed E-state index contributed by atoms with van der Waals surface area (Å²) >= 11 is 6.49. The summed E-state index contributed by atoms with van der Waals surface area (Å²) in [6.07, 6.45) is 2.32. The zero-order chi connectivity index (χ0) is 29.3. The van der Waals surface area contributed by atoms with Gasteiger partial charge in [0.1, 0.15) is 28.6 Å². The van der Waals surface area contributed by atoms with Gasteiger partial charge < -0.3 is 19.6 Å². The fourth-order valence-electron chi connectivity index (χ4n) is 5.38. The quantitative estimate of drug-likeness (QED) is 0.293. The number of phenols is 1. The summed E-state index contributed by atoms with van der Waals surface area (Å²) in [5, 5.41) is 10.5. The highest BCUT2D eigenvalue weighted by Crippen LogP contribution is 2.42. The summed E-state index contributed by atoms with van der Waals surface area (Å²) in [6, 6.07) is 5.01. The molecule has 1 aromatic heterocycles. The van der Waals surface area contributed by atoms with Gasteiger partial charge >= 0.3 is 6.01 Å². The van der Waals surface area contributed by atoms with E-state index >= 15 is 4.39 Å². The molecule has 8 nitrogen and oxygen atoms in total. The third-order valence-corrected chi connectivity index (χ3v) is 7.80. The molecule has 1 amide bonds. The molecule has 2 aliphatic heterocycles. The molecular formula is C29H31ClF3N5O3. The van der Waals surface area contributed by atoms with Crippen molar-refractivity contribution in [3.8, 4) is 22.9 Å². The van der Waals surface area contributed by atoms with Crippen molar-refractivity contribution in [1.29, 1.82) is 0 Å². The van der Waals surface area contributed by atoms with Crippen LogP contribution >= 0.6 is 11.6 Å². The number of rotatable bonds is 8. The number of halogens is 4. The van der Waals surface area contributed by atoms with Crippen molar-refractivity contribution in [1.82, 2.24) is 19.8 Å². The summed E-state index contributed by atoms with van der Waals surface area (Å²) in [5.74, 6) is -2.07. The maximum Gasteiger partial charge on any atom is 0.319 e. The molecule has 3 aromatic rings. The molecule has 3 heterocycles. The summed E-state index contributed by atoms with van der Waals surface area (Å²) in [4.78, 5) is 26.5. The van der Waals surface area contributed by atoms with E-state index in [1.165, 1.54) is 24.3 Å². The molecule has 0 spiro atoms. The fourth-order valence-corrected chi connectivity index (χ4v) is 5.67. The Morgan fingerprint density at radius 1 is 1.20 bits per heavy atom. The topological polar surface area (TPSA) is 82.0 Å². The van der Waals surface area contributed by atoms with Crippen LogP contribution in [0.15, 0.2) is 36.9 Å². The zero-order valence-corrected chi connectivity index (χ0v) is 23.4. The number of carbonyl (C=O) groups is 1. The van der Waals surface area contributed by atoms with Gasteiger partial charge in [0.25, 0.3) is 0 Å². The van der Waals surface area contributed by atoms with E-state index in [1.807, 2.05) is 9.80 Å². The van der Waals surface area contributed by atoms with Crippen LogP contribution in [0.25, 0.3) is 22.0 Å². The molecule has 0 saturated carbocycles. The van der Waals surface area contributed by atoms with E-state index in [2.05, 4.69) is 16.5 Å². The van der Waals surface area contributed by atoms with Crippen LogP contribution in [0.3, 0.4) is 0 Å². The predicted molar refractivity (Wildman–Crippen MR) is 151 cm³/mol. The van der Waals surface area contributed by atoms with Gasteiger partial charge in [-0.15, -0.1) is 0 Å². The van der Waals surface area contributed by atoms with E-state index in [1.54, 1.807) is 11.8 Å². The number of phenolic OH excluding ortho intramolecular Hbond substituents is 1. The molecule has 1 N–H and O–H groups in total. The van der Waals surface area contributed by atoms with E-state index in [-0.39, 0.29) is 45.6 Å². The average Bonchev–Trinajstić information content (AvgIpc) is 3.30. The van der Waals surface area contributed by atoms with Gasteiger partial charge in [-0.25, -0.2) is 13.2 Å². The van der Waals surface area contributed by atoms with Crippen LogP contribution in [0.2, 0.25) is 5.02 Å². The van der Waals surface area contributed by atoms with Gasteiger partial charge in [-0.05, 0) is 44.0 Å². The lowest BCUT2D eigenvalue weighted by atomic mass is 10.0. The first kappa shape index (κ1) is 28.9. The van der Waals surface area contributed by atoms with E-state index < -0.39 is 23.1 Å².